The number of hydrogen-bond acceptors (Lipinski definition) is 13. The van der Waals surface area contributed by atoms with E-state index in [4.69, 9.17) is 24.9 Å². The molecule has 0 radical (unpaired) electrons. The number of hydrogen-bond donors (Lipinski definition) is 4. The molecule has 0 bridgehead atoms. The highest BCUT2D eigenvalue weighted by molar-refractivity contribution is 7.23. The van der Waals surface area contributed by atoms with E-state index in [1.165, 1.54) is 35.2 Å². The Morgan fingerprint density at radius 3 is 2.44 bits per heavy atom. The van der Waals surface area contributed by atoms with Crippen LogP contribution in [0.2, 0.25) is 0 Å². The molecule has 0 atom stereocenters. The molecule has 5 rings (SSSR count). The van der Waals surface area contributed by atoms with Crippen molar-refractivity contribution in [2.45, 2.75) is 6.54 Å². The molecule has 2 aromatic carbocycles. The number of benzene rings is 2. The van der Waals surface area contributed by atoms with Gasteiger partial charge in [0.1, 0.15) is 22.2 Å². The zero-order chi connectivity index (χ0) is 29.1. The standard InChI is InChI=1S/C26H24N6O6S3/c1-36-17-8-15(9-18(37-2)21(17)38-3)29-25-31-23(27)22(41-25)24-30-16(11-39-24)13-5-4-6-14(7-13)28-19(33)10-32-20(34)12-40-26(32)35/h4-9,11-12,34H,10,27H2,1-3H3,(H,28,33)(H,29,31). The average molecular weight is 613 g/mol. The number of nitrogens with two attached hydrogens (primary N) is 1. The van der Waals surface area contributed by atoms with E-state index in [1.807, 2.05) is 11.4 Å². The van der Waals surface area contributed by atoms with Crippen LogP contribution in [0.3, 0.4) is 0 Å². The lowest BCUT2D eigenvalue weighted by molar-refractivity contribution is -0.116. The zero-order valence-electron chi connectivity index (χ0n) is 22.0. The van der Waals surface area contributed by atoms with Gasteiger partial charge in [-0.2, -0.15) is 0 Å². The second kappa shape index (κ2) is 11.9. The molecular weight excluding hydrogens is 589 g/mol. The molecule has 212 valence electrons. The van der Waals surface area contributed by atoms with Gasteiger partial charge in [-0.1, -0.05) is 34.8 Å². The van der Waals surface area contributed by atoms with Crippen molar-refractivity contribution in [2.75, 3.05) is 37.7 Å². The highest BCUT2D eigenvalue weighted by Crippen LogP contribution is 2.43. The Morgan fingerprint density at radius 1 is 1.02 bits per heavy atom. The van der Waals surface area contributed by atoms with Gasteiger partial charge in [-0.25, -0.2) is 9.97 Å². The Morgan fingerprint density at radius 2 is 1.78 bits per heavy atom. The fraction of sp³-hybridized carbons (Fsp3) is 0.154. The van der Waals surface area contributed by atoms with Crippen molar-refractivity contribution < 1.29 is 24.1 Å². The number of thiazole rings is 3. The number of ether oxygens (including phenoxy) is 3. The van der Waals surface area contributed by atoms with E-state index in [0.29, 0.717) is 55.2 Å². The Labute approximate surface area is 245 Å². The first-order valence-electron chi connectivity index (χ1n) is 11.9. The van der Waals surface area contributed by atoms with Gasteiger partial charge in [-0.3, -0.25) is 14.2 Å². The maximum Gasteiger partial charge on any atom is 0.310 e. The highest BCUT2D eigenvalue weighted by Gasteiger charge is 2.18. The number of nitrogens with zero attached hydrogens (tertiary/aromatic N) is 3. The lowest BCUT2D eigenvalue weighted by Crippen LogP contribution is -2.24. The minimum absolute atomic E-state index is 0.247. The van der Waals surface area contributed by atoms with Crippen molar-refractivity contribution in [1.82, 2.24) is 14.5 Å². The van der Waals surface area contributed by atoms with Crippen molar-refractivity contribution in [3.05, 3.63) is 56.8 Å². The van der Waals surface area contributed by atoms with Crippen molar-refractivity contribution in [3.63, 3.8) is 0 Å². The third-order valence-electron chi connectivity index (χ3n) is 5.77. The summed E-state index contributed by atoms with van der Waals surface area (Å²) >= 11 is 3.59. The smallest absolute Gasteiger partial charge is 0.310 e. The molecule has 1 amide bonds. The van der Waals surface area contributed by atoms with Crippen molar-refractivity contribution in [3.8, 4) is 44.3 Å². The molecule has 0 saturated heterocycles. The van der Waals surface area contributed by atoms with E-state index in [9.17, 15) is 14.7 Å². The Kier molecular flexibility index (Phi) is 8.09. The van der Waals surface area contributed by atoms with Crippen LogP contribution in [0.4, 0.5) is 22.3 Å². The molecule has 0 unspecified atom stereocenters. The van der Waals surface area contributed by atoms with Crippen LogP contribution in [-0.2, 0) is 11.3 Å². The third kappa shape index (κ3) is 5.96. The number of rotatable bonds is 10. The third-order valence-corrected chi connectivity index (χ3v) is 8.51. The number of aromatic nitrogens is 3. The van der Waals surface area contributed by atoms with Crippen LogP contribution in [0, 0.1) is 0 Å². The number of aromatic hydroxyl groups is 1. The molecule has 0 fully saturated rings. The largest absolute Gasteiger partial charge is 0.494 e. The molecule has 3 heterocycles. The normalized spacial score (nSPS) is 10.8. The van der Waals surface area contributed by atoms with Crippen LogP contribution in [0.25, 0.3) is 21.1 Å². The Balaban J connectivity index is 1.32. The van der Waals surface area contributed by atoms with Gasteiger partial charge in [0, 0.05) is 34.5 Å². The van der Waals surface area contributed by atoms with Crippen LogP contribution >= 0.6 is 34.0 Å². The maximum atomic E-state index is 12.5. The topological polar surface area (TPSA) is 163 Å². The van der Waals surface area contributed by atoms with Gasteiger partial charge in [0.15, 0.2) is 16.6 Å². The summed E-state index contributed by atoms with van der Waals surface area (Å²) in [6, 6.07) is 10.7. The number of methoxy groups -OCH3 is 3. The summed E-state index contributed by atoms with van der Waals surface area (Å²) in [4.78, 5) is 33.7. The molecule has 0 saturated carbocycles. The SMILES string of the molecule is COc1cc(Nc2nc(N)c(-c3nc(-c4cccc(NC(=O)Cn5c(O)csc5=O)c4)cs3)s2)cc(OC)c1OC. The monoisotopic (exact) mass is 612 g/mol. The summed E-state index contributed by atoms with van der Waals surface area (Å²) < 4.78 is 17.2. The summed E-state index contributed by atoms with van der Waals surface area (Å²) in [5.41, 5.74) is 8.93. The number of carbonyl (C=O) groups is 1. The predicted octanol–water partition coefficient (Wildman–Crippen LogP) is 4.85. The molecule has 0 aliphatic heterocycles. The van der Waals surface area contributed by atoms with Crippen molar-refractivity contribution >= 4 is 62.2 Å². The summed E-state index contributed by atoms with van der Waals surface area (Å²) in [5.74, 6) is 1.13. The second-order valence-electron chi connectivity index (χ2n) is 8.39. The molecule has 0 aliphatic carbocycles. The number of anilines is 4. The quantitative estimate of drug-likeness (QED) is 0.171. The van der Waals surface area contributed by atoms with Gasteiger partial charge < -0.3 is 35.7 Å². The summed E-state index contributed by atoms with van der Waals surface area (Å²) in [7, 11) is 4.63. The van der Waals surface area contributed by atoms with E-state index in [0.717, 1.165) is 21.5 Å². The maximum absolute atomic E-state index is 12.5. The minimum Gasteiger partial charge on any atom is -0.494 e. The average Bonchev–Trinajstić information content (AvgIpc) is 3.68. The summed E-state index contributed by atoms with van der Waals surface area (Å²) in [5, 5.41) is 20.2. The van der Waals surface area contributed by atoms with E-state index in [2.05, 4.69) is 15.6 Å². The lowest BCUT2D eigenvalue weighted by Gasteiger charge is -2.14. The molecule has 5 aromatic rings. The van der Waals surface area contributed by atoms with Gasteiger partial charge in [-0.05, 0) is 12.1 Å². The Bertz CT molecular complexity index is 1750. The fourth-order valence-corrected chi connectivity index (χ4v) is 6.35. The van der Waals surface area contributed by atoms with E-state index in [-0.39, 0.29) is 12.4 Å². The van der Waals surface area contributed by atoms with Crippen LogP contribution in [0.1, 0.15) is 0 Å². The molecular formula is C26H24N6O6S3. The van der Waals surface area contributed by atoms with E-state index >= 15 is 0 Å². The number of carbonyl (C=O) groups excluding carboxylic acids is 1. The Hall–Kier alpha value is -4.60. The molecule has 0 aliphatic rings. The van der Waals surface area contributed by atoms with Crippen LogP contribution in [0.15, 0.2) is 52.0 Å². The van der Waals surface area contributed by atoms with Crippen molar-refractivity contribution in [1.29, 1.82) is 0 Å². The summed E-state index contributed by atoms with van der Waals surface area (Å²) in [6.45, 7) is -0.295. The van der Waals surface area contributed by atoms with Crippen molar-refractivity contribution in [2.24, 2.45) is 0 Å². The van der Waals surface area contributed by atoms with Crippen LogP contribution in [0.5, 0.6) is 23.1 Å². The molecule has 15 heteroatoms. The molecule has 41 heavy (non-hydrogen) atoms. The molecule has 12 nitrogen and oxygen atoms in total. The van der Waals surface area contributed by atoms with Crippen LogP contribution < -0.4 is 35.5 Å². The zero-order valence-corrected chi connectivity index (χ0v) is 24.4. The minimum atomic E-state index is -0.443. The van der Waals surface area contributed by atoms with E-state index < -0.39 is 10.8 Å². The molecule has 3 aromatic heterocycles. The number of nitrogen functional groups attached to an aromatic ring is 1. The van der Waals surface area contributed by atoms with Gasteiger partial charge in [0.2, 0.25) is 17.5 Å². The molecule has 5 N–H and O–H groups in total. The van der Waals surface area contributed by atoms with E-state index in [1.54, 1.807) is 44.6 Å². The van der Waals surface area contributed by atoms with Gasteiger partial charge in [-0.15, -0.1) is 11.3 Å². The van der Waals surface area contributed by atoms with Gasteiger partial charge >= 0.3 is 4.87 Å². The fourth-order valence-electron chi connectivity index (χ4n) is 3.90. The first-order valence-corrected chi connectivity index (χ1v) is 14.4. The predicted molar refractivity (Wildman–Crippen MR) is 161 cm³/mol. The van der Waals surface area contributed by atoms with Gasteiger partial charge in [0.25, 0.3) is 0 Å². The first kappa shape index (κ1) is 27.9. The lowest BCUT2D eigenvalue weighted by atomic mass is 10.1. The van der Waals surface area contributed by atoms with Gasteiger partial charge in [0.05, 0.1) is 32.4 Å². The number of nitrogens with one attached hydrogen (secondary N) is 2. The molecule has 0 spiro atoms. The second-order valence-corrected chi connectivity index (χ2v) is 11.1. The van der Waals surface area contributed by atoms with Crippen LogP contribution in [-0.4, -0.2) is 46.9 Å². The summed E-state index contributed by atoms with van der Waals surface area (Å²) in [6.07, 6.45) is 0. The highest BCUT2D eigenvalue weighted by atomic mass is 32.1. The number of amides is 1. The first-order chi connectivity index (χ1) is 19.8.